The second kappa shape index (κ2) is 29.1. The zero-order valence-corrected chi connectivity index (χ0v) is 41.1. The Hall–Kier alpha value is -10.5. The van der Waals surface area contributed by atoms with Crippen molar-refractivity contribution in [2.24, 2.45) is 30.0 Å². The predicted octanol–water partition coefficient (Wildman–Crippen LogP) is 8.33. The number of para-hydroxylation sites is 12. The number of nitrogens with one attached hydrogen (secondary N) is 6. The van der Waals surface area contributed by atoms with Crippen molar-refractivity contribution in [1.82, 2.24) is 0 Å². The predicted molar refractivity (Wildman–Crippen MR) is 296 cm³/mol. The smallest absolute Gasteiger partial charge is 0.543 e. The first-order valence-electron chi connectivity index (χ1n) is 22.8. The summed E-state index contributed by atoms with van der Waals surface area (Å²) >= 11 is 0. The van der Waals surface area contributed by atoms with Crippen molar-refractivity contribution in [1.29, 1.82) is 0 Å². The molecule has 19 heteroatoms. The molecule has 0 saturated heterocycles. The van der Waals surface area contributed by atoms with E-state index in [0.29, 0.717) is 34.1 Å². The minimum absolute atomic E-state index is 0. The first-order chi connectivity index (χ1) is 36.7. The fourth-order valence-electron chi connectivity index (χ4n) is 6.59. The summed E-state index contributed by atoms with van der Waals surface area (Å²) in [5.74, 6) is -4.08. The minimum Gasteiger partial charge on any atom is -0.543 e. The summed E-state index contributed by atoms with van der Waals surface area (Å²) < 4.78 is 0. The summed E-state index contributed by atoms with van der Waals surface area (Å²) in [7, 11) is 0. The second-order valence-electron chi connectivity index (χ2n) is 15.2. The Morgan fingerprint density at radius 1 is 0.303 bits per heavy atom. The molecule has 0 spiro atoms. The molecule has 76 heavy (non-hydrogen) atoms. The average Bonchev–Trinajstić information content (AvgIpc) is 3.41. The summed E-state index contributed by atoms with van der Waals surface area (Å²) in [4.78, 5) is 59.8. The summed E-state index contributed by atoms with van der Waals surface area (Å²) in [5, 5.41) is 52.4. The SMILES string of the molecule is O=C([O-])C1=N\c2ccccc2N/C=C\C=N\c2ccccc2N/C=C\1.O=C([O-])C1=N\c2ccccc2N/C=C\C=N\c2ccccc2N/C=C\1.O=C([O-])C1=N\c2ccccc2N/C=C\C=N\c2ccccc2N/C=C\1.[Fe+3]. The molecule has 9 rings (SSSR count). The van der Waals surface area contributed by atoms with Crippen LogP contribution in [0.1, 0.15) is 0 Å². The Kier molecular flexibility index (Phi) is 21.0. The Morgan fingerprint density at radius 3 is 0.763 bits per heavy atom. The van der Waals surface area contributed by atoms with Crippen molar-refractivity contribution in [2.75, 3.05) is 31.9 Å². The van der Waals surface area contributed by atoms with Gasteiger partial charge in [0.05, 0.1) is 103 Å². The first-order valence-corrected chi connectivity index (χ1v) is 22.8. The minimum atomic E-state index is -1.36. The van der Waals surface area contributed by atoms with E-state index in [1.807, 2.05) is 91.0 Å². The number of hydrogen-bond acceptors (Lipinski definition) is 18. The van der Waals surface area contributed by atoms with Crippen LogP contribution in [0.5, 0.6) is 0 Å². The van der Waals surface area contributed by atoms with Gasteiger partial charge < -0.3 is 61.6 Å². The molecule has 0 amide bonds. The van der Waals surface area contributed by atoms with Gasteiger partial charge in [-0.05, 0) is 109 Å². The van der Waals surface area contributed by atoms with Crippen molar-refractivity contribution in [2.45, 2.75) is 0 Å². The maximum absolute atomic E-state index is 11.4. The van der Waals surface area contributed by atoms with Crippen LogP contribution in [0.2, 0.25) is 0 Å². The van der Waals surface area contributed by atoms with Crippen LogP contribution in [0, 0.1) is 0 Å². The number of carbonyl (C=O) groups is 3. The first kappa shape index (κ1) is 54.8. The third kappa shape index (κ3) is 16.8. The van der Waals surface area contributed by atoms with Crippen LogP contribution in [-0.4, -0.2) is 53.7 Å². The molecule has 6 aromatic rings. The zero-order chi connectivity index (χ0) is 52.5. The number of carbonyl (C=O) groups excluding carboxylic acids is 3. The van der Waals surface area contributed by atoms with Crippen molar-refractivity contribution < 1.29 is 46.8 Å². The van der Waals surface area contributed by atoms with E-state index in [2.05, 4.69) is 61.9 Å². The third-order valence-corrected chi connectivity index (χ3v) is 10.1. The topological polar surface area (TPSA) is 267 Å². The molecule has 0 aromatic heterocycles. The molecule has 0 fully saturated rings. The molecule has 3 aliphatic heterocycles. The maximum Gasteiger partial charge on any atom is 3.00 e. The fourth-order valence-corrected chi connectivity index (χ4v) is 6.59. The monoisotopic (exact) mass is 1050 g/mol. The molecule has 0 bridgehead atoms. The van der Waals surface area contributed by atoms with Crippen LogP contribution in [0.15, 0.2) is 249 Å². The van der Waals surface area contributed by atoms with Crippen LogP contribution >= 0.6 is 0 Å². The van der Waals surface area contributed by atoms with Gasteiger partial charge in [0.15, 0.2) is 0 Å². The van der Waals surface area contributed by atoms with E-state index in [0.717, 1.165) is 34.1 Å². The summed E-state index contributed by atoms with van der Waals surface area (Å²) in [6, 6.07) is 43.7. The van der Waals surface area contributed by atoms with Gasteiger partial charge in [0.2, 0.25) is 0 Å². The van der Waals surface area contributed by atoms with Crippen molar-refractivity contribution in [3.8, 4) is 0 Å². The van der Waals surface area contributed by atoms with E-state index >= 15 is 0 Å². The molecule has 0 aliphatic carbocycles. The van der Waals surface area contributed by atoms with Crippen molar-refractivity contribution >= 4 is 122 Å². The average molecular weight is 1050 g/mol. The Morgan fingerprint density at radius 2 is 0.513 bits per heavy atom. The standard InChI is InChI=1S/3C19H16N4O2.Fe/c3*24-19(25)18-10-13-22-15-7-2-1-6-14(15)20-11-5-12-21-16-8-3-4-9-17(16)23-18;/h3*1-13,21-22H,(H,24,25);/q;;;+3/p-3/b3*12-5-,13-10-,20-11+,23-18-;. The van der Waals surface area contributed by atoms with Gasteiger partial charge in [-0.25, -0.2) is 15.0 Å². The third-order valence-electron chi connectivity index (χ3n) is 10.1. The van der Waals surface area contributed by atoms with Gasteiger partial charge in [0.1, 0.15) is 0 Å². The molecule has 1 radical (unpaired) electrons. The van der Waals surface area contributed by atoms with Crippen LogP contribution in [0.3, 0.4) is 0 Å². The van der Waals surface area contributed by atoms with Gasteiger partial charge in [0, 0.05) is 55.8 Å². The van der Waals surface area contributed by atoms with Gasteiger partial charge in [-0.2, -0.15) is 0 Å². The number of hydrogen-bond donors (Lipinski definition) is 6. The van der Waals surface area contributed by atoms with Crippen LogP contribution in [0.4, 0.5) is 68.2 Å². The quantitative estimate of drug-likeness (QED) is 0.0914. The van der Waals surface area contributed by atoms with Gasteiger partial charge in [-0.15, -0.1) is 0 Å². The zero-order valence-electron chi connectivity index (χ0n) is 40.0. The number of rotatable bonds is 3. The number of carboxylic acid groups (broad SMARTS) is 3. The van der Waals surface area contributed by atoms with Gasteiger partial charge in [-0.3, -0.25) is 15.0 Å². The van der Waals surface area contributed by atoms with E-state index in [1.165, 1.54) is 36.8 Å². The number of anilines is 6. The molecule has 0 atom stereocenters. The van der Waals surface area contributed by atoms with Crippen molar-refractivity contribution in [3.05, 3.63) is 219 Å². The summed E-state index contributed by atoms with van der Waals surface area (Å²) in [5.41, 5.74) is 7.31. The molecule has 0 saturated carbocycles. The number of fused-ring (bicyclic) bond motifs is 6. The molecule has 377 valence electrons. The van der Waals surface area contributed by atoms with Gasteiger partial charge in [0.25, 0.3) is 0 Å². The maximum atomic E-state index is 11.4. The number of nitrogens with zero attached hydrogens (tertiary/aromatic N) is 6. The van der Waals surface area contributed by atoms with E-state index in [1.54, 1.807) is 110 Å². The summed E-state index contributed by atoms with van der Waals surface area (Å²) in [6.07, 6.45) is 23.9. The second-order valence-corrected chi connectivity index (χ2v) is 15.2. The molecule has 3 aliphatic rings. The van der Waals surface area contributed by atoms with E-state index in [4.69, 9.17) is 0 Å². The molecule has 6 aromatic carbocycles. The molecule has 0 unspecified atom stereocenters. The molecule has 6 N–H and O–H groups in total. The van der Waals surface area contributed by atoms with E-state index in [9.17, 15) is 29.7 Å². The Balaban J connectivity index is 0.000000184. The Labute approximate surface area is 447 Å². The number of benzene rings is 6. The van der Waals surface area contributed by atoms with Crippen LogP contribution in [-0.2, 0) is 31.5 Å². The van der Waals surface area contributed by atoms with E-state index < -0.39 is 17.9 Å². The largest absolute Gasteiger partial charge is 3.00 e. The molecular formula is C57H45FeN12O6. The normalized spacial score (nSPS) is 19.2. The molecule has 3 heterocycles. The molecule has 18 nitrogen and oxygen atoms in total. The molecular weight excluding hydrogens is 1000 g/mol. The number of aliphatic carboxylic acids is 3. The number of allylic oxidation sites excluding steroid dienone is 3. The fraction of sp³-hybridized carbons (Fsp3) is 0. The van der Waals surface area contributed by atoms with Gasteiger partial charge >= 0.3 is 17.1 Å². The number of aliphatic imine (C=N–C) groups is 6. The Bertz CT molecular complexity index is 3060. The van der Waals surface area contributed by atoms with Crippen molar-refractivity contribution in [3.63, 3.8) is 0 Å². The number of carboxylic acids is 3. The summed E-state index contributed by atoms with van der Waals surface area (Å²) in [6.45, 7) is 0. The van der Waals surface area contributed by atoms with Crippen LogP contribution in [0.25, 0.3) is 0 Å². The van der Waals surface area contributed by atoms with Crippen LogP contribution < -0.4 is 47.2 Å². The van der Waals surface area contributed by atoms with Gasteiger partial charge in [-0.1, -0.05) is 72.8 Å². The van der Waals surface area contributed by atoms with E-state index in [-0.39, 0.29) is 34.2 Å².